The standard InChI is InChI=1S/C25H28FN5O2/c1-4-19-7-5-6-8-21(19)29-25(32)31-12-11-30(15-18(31)3)23-14-24(28-16-27-23)33-22-10-9-20(26)13-17(22)2/h5-10,13-14,16,18H,4,11-12,15H2,1-3H3,(H,29,32)/t18-/m1/s1. The Labute approximate surface area is 193 Å². The number of carbonyl (C=O) groups is 1. The highest BCUT2D eigenvalue weighted by Gasteiger charge is 2.28. The van der Waals surface area contributed by atoms with Gasteiger partial charge in [-0.15, -0.1) is 0 Å². The second-order valence-electron chi connectivity index (χ2n) is 8.16. The Hall–Kier alpha value is -3.68. The number of hydrogen-bond acceptors (Lipinski definition) is 5. The molecule has 2 heterocycles. The van der Waals surface area contributed by atoms with Crippen LogP contribution in [0.4, 0.5) is 20.7 Å². The molecule has 0 bridgehead atoms. The highest BCUT2D eigenvalue weighted by molar-refractivity contribution is 5.90. The van der Waals surface area contributed by atoms with Crippen molar-refractivity contribution in [3.05, 3.63) is 71.8 Å². The number of nitrogens with zero attached hydrogens (tertiary/aromatic N) is 4. The Kier molecular flexibility index (Phi) is 6.72. The summed E-state index contributed by atoms with van der Waals surface area (Å²) in [6.07, 6.45) is 2.31. The molecule has 0 spiro atoms. The summed E-state index contributed by atoms with van der Waals surface area (Å²) in [5, 5.41) is 3.06. The van der Waals surface area contributed by atoms with Crippen molar-refractivity contribution in [2.45, 2.75) is 33.2 Å². The van der Waals surface area contributed by atoms with Crippen LogP contribution < -0.4 is 15.0 Å². The number of urea groups is 1. The van der Waals surface area contributed by atoms with Gasteiger partial charge < -0.3 is 19.9 Å². The van der Waals surface area contributed by atoms with E-state index in [-0.39, 0.29) is 17.9 Å². The molecule has 1 N–H and O–H groups in total. The van der Waals surface area contributed by atoms with E-state index < -0.39 is 0 Å². The minimum Gasteiger partial charge on any atom is -0.439 e. The molecule has 0 saturated carbocycles. The molecule has 33 heavy (non-hydrogen) atoms. The highest BCUT2D eigenvalue weighted by atomic mass is 19.1. The summed E-state index contributed by atoms with van der Waals surface area (Å²) in [5.41, 5.74) is 2.66. The number of hydrogen-bond donors (Lipinski definition) is 1. The highest BCUT2D eigenvalue weighted by Crippen LogP contribution is 2.27. The van der Waals surface area contributed by atoms with Crippen molar-refractivity contribution >= 4 is 17.5 Å². The predicted octanol–water partition coefficient (Wildman–Crippen LogP) is 5.02. The molecule has 1 atom stereocenters. The molecule has 3 aromatic rings. The van der Waals surface area contributed by atoms with Gasteiger partial charge in [0.1, 0.15) is 23.7 Å². The van der Waals surface area contributed by atoms with Gasteiger partial charge in [0, 0.05) is 37.4 Å². The van der Waals surface area contributed by atoms with Crippen LogP contribution >= 0.6 is 0 Å². The molecule has 2 aromatic carbocycles. The van der Waals surface area contributed by atoms with Gasteiger partial charge >= 0.3 is 6.03 Å². The van der Waals surface area contributed by atoms with Crippen LogP contribution in [-0.2, 0) is 6.42 Å². The van der Waals surface area contributed by atoms with Crippen molar-refractivity contribution in [3.63, 3.8) is 0 Å². The first-order valence-electron chi connectivity index (χ1n) is 11.1. The van der Waals surface area contributed by atoms with E-state index >= 15 is 0 Å². The number of amides is 2. The summed E-state index contributed by atoms with van der Waals surface area (Å²) in [6, 6.07) is 13.9. The summed E-state index contributed by atoms with van der Waals surface area (Å²) in [4.78, 5) is 25.5. The largest absolute Gasteiger partial charge is 0.439 e. The lowest BCUT2D eigenvalue weighted by molar-refractivity contribution is 0.184. The molecule has 1 fully saturated rings. The third kappa shape index (κ3) is 5.22. The smallest absolute Gasteiger partial charge is 0.322 e. The fourth-order valence-corrected chi connectivity index (χ4v) is 4.00. The molecular formula is C25H28FN5O2. The molecule has 1 aromatic heterocycles. The van der Waals surface area contributed by atoms with Crippen molar-refractivity contribution in [2.75, 3.05) is 29.9 Å². The number of carbonyl (C=O) groups excluding carboxylic acids is 1. The summed E-state index contributed by atoms with van der Waals surface area (Å²) >= 11 is 0. The number of halogens is 1. The maximum Gasteiger partial charge on any atom is 0.322 e. The van der Waals surface area contributed by atoms with Gasteiger partial charge in [-0.1, -0.05) is 25.1 Å². The average molecular weight is 450 g/mol. The van der Waals surface area contributed by atoms with Crippen molar-refractivity contribution in [2.24, 2.45) is 0 Å². The fourth-order valence-electron chi connectivity index (χ4n) is 4.00. The number of para-hydroxylation sites is 1. The van der Waals surface area contributed by atoms with Crippen LogP contribution in [0.3, 0.4) is 0 Å². The van der Waals surface area contributed by atoms with Gasteiger partial charge in [0.05, 0.1) is 0 Å². The summed E-state index contributed by atoms with van der Waals surface area (Å²) < 4.78 is 19.2. The van der Waals surface area contributed by atoms with Gasteiger partial charge in [0.2, 0.25) is 5.88 Å². The zero-order valence-corrected chi connectivity index (χ0v) is 19.1. The number of aryl methyl sites for hydroxylation is 2. The fraction of sp³-hybridized carbons (Fsp3) is 0.320. The second kappa shape index (κ2) is 9.85. The van der Waals surface area contributed by atoms with Crippen LogP contribution in [0.1, 0.15) is 25.0 Å². The first kappa shape index (κ1) is 22.5. The average Bonchev–Trinajstić information content (AvgIpc) is 2.81. The van der Waals surface area contributed by atoms with Gasteiger partial charge in [-0.2, -0.15) is 0 Å². The monoisotopic (exact) mass is 449 g/mol. The van der Waals surface area contributed by atoms with Crippen LogP contribution in [0.5, 0.6) is 11.6 Å². The van der Waals surface area contributed by atoms with Gasteiger partial charge in [0.25, 0.3) is 0 Å². The van der Waals surface area contributed by atoms with Crippen LogP contribution in [0.2, 0.25) is 0 Å². The zero-order valence-electron chi connectivity index (χ0n) is 19.1. The molecule has 1 aliphatic rings. The van der Waals surface area contributed by atoms with Gasteiger partial charge in [0.15, 0.2) is 0 Å². The van der Waals surface area contributed by atoms with Gasteiger partial charge in [-0.3, -0.25) is 0 Å². The second-order valence-corrected chi connectivity index (χ2v) is 8.16. The van der Waals surface area contributed by atoms with Gasteiger partial charge in [-0.25, -0.2) is 19.2 Å². The van der Waals surface area contributed by atoms with E-state index in [1.807, 2.05) is 36.1 Å². The molecule has 8 heteroatoms. The third-order valence-corrected chi connectivity index (χ3v) is 5.83. The van der Waals surface area contributed by atoms with E-state index in [1.54, 1.807) is 19.1 Å². The predicted molar refractivity (Wildman–Crippen MR) is 126 cm³/mol. The Morgan fingerprint density at radius 2 is 2.00 bits per heavy atom. The van der Waals surface area contributed by atoms with E-state index in [0.29, 0.717) is 36.8 Å². The number of aromatic nitrogens is 2. The van der Waals surface area contributed by atoms with E-state index in [1.165, 1.54) is 18.5 Å². The first-order chi connectivity index (χ1) is 15.9. The molecule has 1 aliphatic heterocycles. The Morgan fingerprint density at radius 1 is 1.18 bits per heavy atom. The normalized spacial score (nSPS) is 15.9. The molecule has 7 nitrogen and oxygen atoms in total. The number of piperazine rings is 1. The number of rotatable bonds is 5. The number of nitrogens with one attached hydrogen (secondary N) is 1. The summed E-state index contributed by atoms with van der Waals surface area (Å²) in [7, 11) is 0. The Balaban J connectivity index is 1.41. The molecule has 1 saturated heterocycles. The molecule has 0 radical (unpaired) electrons. The van der Waals surface area contributed by atoms with E-state index in [9.17, 15) is 9.18 Å². The molecular weight excluding hydrogens is 421 g/mol. The molecule has 4 rings (SSSR count). The lowest BCUT2D eigenvalue weighted by Crippen LogP contribution is -2.55. The maximum atomic E-state index is 13.4. The molecule has 172 valence electrons. The van der Waals surface area contributed by atoms with Crippen LogP contribution in [0.15, 0.2) is 54.9 Å². The van der Waals surface area contributed by atoms with Crippen molar-refractivity contribution in [1.29, 1.82) is 0 Å². The lowest BCUT2D eigenvalue weighted by Gasteiger charge is -2.40. The van der Waals surface area contributed by atoms with E-state index in [4.69, 9.17) is 4.74 Å². The SMILES string of the molecule is CCc1ccccc1NC(=O)N1CCN(c2cc(Oc3ccc(F)cc3C)ncn2)C[C@H]1C. The van der Waals surface area contributed by atoms with Gasteiger partial charge in [-0.05, 0) is 55.7 Å². The van der Waals surface area contributed by atoms with Crippen LogP contribution in [-0.4, -0.2) is 46.6 Å². The van der Waals surface area contributed by atoms with Crippen molar-refractivity contribution in [3.8, 4) is 11.6 Å². The summed E-state index contributed by atoms with van der Waals surface area (Å²) in [5.74, 6) is 1.35. The zero-order chi connectivity index (χ0) is 23.4. The number of benzene rings is 2. The molecule has 0 unspecified atom stereocenters. The van der Waals surface area contributed by atoms with Crippen molar-refractivity contribution in [1.82, 2.24) is 14.9 Å². The van der Waals surface area contributed by atoms with E-state index in [2.05, 4.69) is 27.1 Å². The van der Waals surface area contributed by atoms with Crippen LogP contribution in [0.25, 0.3) is 0 Å². The minimum atomic E-state index is -0.308. The molecule has 0 aliphatic carbocycles. The maximum absolute atomic E-state index is 13.4. The van der Waals surface area contributed by atoms with Crippen molar-refractivity contribution < 1.29 is 13.9 Å². The Bertz CT molecular complexity index is 1140. The summed E-state index contributed by atoms with van der Waals surface area (Å²) in [6.45, 7) is 7.72. The first-order valence-corrected chi connectivity index (χ1v) is 11.1. The quantitative estimate of drug-likeness (QED) is 0.592. The number of ether oxygens (including phenoxy) is 1. The topological polar surface area (TPSA) is 70.6 Å². The Morgan fingerprint density at radius 3 is 2.76 bits per heavy atom. The number of anilines is 2. The molecule has 2 amide bonds. The van der Waals surface area contributed by atoms with E-state index in [0.717, 1.165) is 23.5 Å². The van der Waals surface area contributed by atoms with Crippen LogP contribution in [0, 0.1) is 12.7 Å². The lowest BCUT2D eigenvalue weighted by atomic mass is 10.1. The minimum absolute atomic E-state index is 0.00813. The third-order valence-electron chi connectivity index (χ3n) is 5.83.